The molecule has 1 aliphatic rings. The summed E-state index contributed by atoms with van der Waals surface area (Å²) >= 11 is 0. The Morgan fingerprint density at radius 1 is 1.19 bits per heavy atom. The first-order valence-corrected chi connectivity index (χ1v) is 11.5. The molecule has 2 heterocycles. The number of carbonyl (C=O) groups excluding carboxylic acids is 1. The van der Waals surface area contributed by atoms with E-state index in [0.29, 0.717) is 25.0 Å². The molecule has 1 amide bonds. The fourth-order valence-corrected chi connectivity index (χ4v) is 4.00. The lowest BCUT2D eigenvalue weighted by Gasteiger charge is -2.37. The number of fused-ring (bicyclic) bond motifs is 1. The van der Waals surface area contributed by atoms with Crippen LogP contribution in [0.4, 0.5) is 4.79 Å². The summed E-state index contributed by atoms with van der Waals surface area (Å²) in [6, 6.07) is 10.3. The van der Waals surface area contributed by atoms with Gasteiger partial charge in [-0.2, -0.15) is 8.42 Å². The Morgan fingerprint density at radius 2 is 1.87 bits per heavy atom. The Labute approximate surface area is 182 Å². The molecule has 0 saturated carbocycles. The second-order valence-corrected chi connectivity index (χ2v) is 9.95. The van der Waals surface area contributed by atoms with Gasteiger partial charge in [0.25, 0.3) is 0 Å². The average Bonchev–Trinajstić information content (AvgIpc) is 2.69. The summed E-state index contributed by atoms with van der Waals surface area (Å²) in [5, 5.41) is -0.383. The summed E-state index contributed by atoms with van der Waals surface area (Å²) in [6.07, 6.45) is 1.30. The summed E-state index contributed by atoms with van der Waals surface area (Å²) < 4.78 is 43.1. The van der Waals surface area contributed by atoms with Gasteiger partial charge in [-0.25, -0.2) is 9.78 Å². The van der Waals surface area contributed by atoms with Crippen molar-refractivity contribution in [1.29, 1.82) is 0 Å². The zero-order chi connectivity index (χ0) is 22.8. The minimum atomic E-state index is -4.40. The van der Waals surface area contributed by atoms with E-state index >= 15 is 0 Å². The first kappa shape index (κ1) is 23.0. The van der Waals surface area contributed by atoms with E-state index in [4.69, 9.17) is 9.47 Å². The van der Waals surface area contributed by atoms with Crippen LogP contribution >= 0.6 is 0 Å². The van der Waals surface area contributed by atoms with Crippen molar-refractivity contribution < 1.29 is 27.2 Å². The number of carbonyl (C=O) groups is 1. The Kier molecular flexibility index (Phi) is 6.56. The van der Waals surface area contributed by atoms with Gasteiger partial charge in [0.15, 0.2) is 5.03 Å². The SMILES string of the molecule is COc1ccc(CCC2Cc3nc(S(=O)(=O)O)ccc3CN2C(=O)OC(C)(C)C)cc1. The highest BCUT2D eigenvalue weighted by atomic mass is 32.2. The Morgan fingerprint density at radius 3 is 2.45 bits per heavy atom. The van der Waals surface area contributed by atoms with E-state index in [0.717, 1.165) is 16.9 Å². The fraction of sp³-hybridized carbons (Fsp3) is 0.455. The van der Waals surface area contributed by atoms with Gasteiger partial charge < -0.3 is 14.4 Å². The van der Waals surface area contributed by atoms with Crippen molar-refractivity contribution in [2.45, 2.75) is 63.2 Å². The van der Waals surface area contributed by atoms with Crippen LogP contribution in [-0.4, -0.2) is 47.7 Å². The third-order valence-corrected chi connectivity index (χ3v) is 5.83. The maximum atomic E-state index is 12.9. The number of rotatable bonds is 5. The molecule has 1 unspecified atom stereocenters. The predicted octanol–water partition coefficient (Wildman–Crippen LogP) is 3.63. The van der Waals surface area contributed by atoms with Gasteiger partial charge in [0.2, 0.25) is 0 Å². The van der Waals surface area contributed by atoms with E-state index in [1.54, 1.807) is 18.1 Å². The molecule has 3 rings (SSSR count). The van der Waals surface area contributed by atoms with Gasteiger partial charge in [0.05, 0.1) is 13.7 Å². The summed E-state index contributed by atoms with van der Waals surface area (Å²) in [7, 11) is -2.79. The molecule has 0 spiro atoms. The van der Waals surface area contributed by atoms with Crippen LogP contribution in [0.15, 0.2) is 41.4 Å². The van der Waals surface area contributed by atoms with Gasteiger partial charge in [-0.15, -0.1) is 0 Å². The number of nitrogens with zero attached hydrogens (tertiary/aromatic N) is 2. The molecule has 1 aliphatic heterocycles. The fourth-order valence-electron chi connectivity index (χ4n) is 3.54. The number of hydrogen-bond donors (Lipinski definition) is 1. The zero-order valence-corrected chi connectivity index (χ0v) is 19.0. The maximum Gasteiger partial charge on any atom is 0.410 e. The molecule has 0 aliphatic carbocycles. The smallest absolute Gasteiger partial charge is 0.410 e. The highest BCUT2D eigenvalue weighted by molar-refractivity contribution is 7.85. The number of amides is 1. The van der Waals surface area contributed by atoms with Crippen molar-refractivity contribution in [3.63, 3.8) is 0 Å². The molecule has 2 aromatic rings. The molecule has 8 nitrogen and oxygen atoms in total. The van der Waals surface area contributed by atoms with Crippen molar-refractivity contribution >= 4 is 16.2 Å². The van der Waals surface area contributed by atoms with E-state index in [2.05, 4.69) is 4.98 Å². The molecule has 1 aromatic carbocycles. The van der Waals surface area contributed by atoms with E-state index in [1.807, 2.05) is 45.0 Å². The molecule has 9 heteroatoms. The first-order chi connectivity index (χ1) is 14.5. The highest BCUT2D eigenvalue weighted by Crippen LogP contribution is 2.28. The second kappa shape index (κ2) is 8.84. The monoisotopic (exact) mass is 448 g/mol. The molecular weight excluding hydrogens is 420 g/mol. The summed E-state index contributed by atoms with van der Waals surface area (Å²) in [4.78, 5) is 18.7. The minimum Gasteiger partial charge on any atom is -0.497 e. The molecule has 0 fully saturated rings. The topological polar surface area (TPSA) is 106 Å². The second-order valence-electron chi connectivity index (χ2n) is 8.58. The zero-order valence-electron chi connectivity index (χ0n) is 18.2. The summed E-state index contributed by atoms with van der Waals surface area (Å²) in [5.74, 6) is 0.771. The Hall–Kier alpha value is -2.65. The van der Waals surface area contributed by atoms with Gasteiger partial charge in [-0.3, -0.25) is 4.55 Å². The minimum absolute atomic E-state index is 0.228. The van der Waals surface area contributed by atoms with Gasteiger partial charge in [-0.05, 0) is 62.9 Å². The van der Waals surface area contributed by atoms with Crippen LogP contribution in [0.25, 0.3) is 0 Å². The van der Waals surface area contributed by atoms with Crippen molar-refractivity contribution in [2.75, 3.05) is 7.11 Å². The number of aromatic nitrogens is 1. The molecule has 1 atom stereocenters. The number of pyridine rings is 1. The largest absolute Gasteiger partial charge is 0.497 e. The van der Waals surface area contributed by atoms with E-state index in [9.17, 15) is 17.8 Å². The molecular formula is C22H28N2O6S. The molecule has 0 saturated heterocycles. The molecule has 31 heavy (non-hydrogen) atoms. The number of ether oxygens (including phenoxy) is 2. The maximum absolute atomic E-state index is 12.9. The molecule has 1 aromatic heterocycles. The van der Waals surface area contributed by atoms with E-state index < -0.39 is 21.8 Å². The lowest BCUT2D eigenvalue weighted by molar-refractivity contribution is 0.0107. The van der Waals surface area contributed by atoms with Gasteiger partial charge in [-0.1, -0.05) is 18.2 Å². The lowest BCUT2D eigenvalue weighted by atomic mass is 9.94. The van der Waals surface area contributed by atoms with Crippen LogP contribution in [0.3, 0.4) is 0 Å². The van der Waals surface area contributed by atoms with Crippen LogP contribution in [0, 0.1) is 0 Å². The van der Waals surface area contributed by atoms with Gasteiger partial charge in [0.1, 0.15) is 11.4 Å². The average molecular weight is 449 g/mol. The van der Waals surface area contributed by atoms with Gasteiger partial charge >= 0.3 is 16.2 Å². The third kappa shape index (κ3) is 5.95. The number of aryl methyl sites for hydroxylation is 1. The van der Waals surface area contributed by atoms with Crippen molar-refractivity contribution in [1.82, 2.24) is 9.88 Å². The molecule has 0 radical (unpaired) electrons. The number of methoxy groups -OCH3 is 1. The quantitative estimate of drug-likeness (QED) is 0.696. The van der Waals surface area contributed by atoms with E-state index in [1.165, 1.54) is 6.07 Å². The normalized spacial score (nSPS) is 16.5. The third-order valence-electron chi connectivity index (χ3n) is 5.07. The molecule has 0 bridgehead atoms. The standard InChI is InChI=1S/C22H28N2O6S/c1-22(2,3)30-21(25)24-14-16-8-12-20(31(26,27)28)23-19(16)13-17(24)9-5-15-6-10-18(29-4)11-7-15/h6-8,10-12,17H,5,9,13-14H2,1-4H3,(H,26,27,28). The van der Waals surface area contributed by atoms with Crippen LogP contribution in [-0.2, 0) is 34.2 Å². The van der Waals surface area contributed by atoms with Crippen LogP contribution < -0.4 is 4.74 Å². The molecule has 1 N–H and O–H groups in total. The van der Waals surface area contributed by atoms with Crippen molar-refractivity contribution in [2.24, 2.45) is 0 Å². The molecule has 168 valence electrons. The Balaban J connectivity index is 1.85. The van der Waals surface area contributed by atoms with Crippen molar-refractivity contribution in [3.05, 3.63) is 53.2 Å². The number of benzene rings is 1. The van der Waals surface area contributed by atoms with Crippen molar-refractivity contribution in [3.8, 4) is 5.75 Å². The van der Waals surface area contributed by atoms with Crippen LogP contribution in [0.5, 0.6) is 5.75 Å². The highest BCUT2D eigenvalue weighted by Gasteiger charge is 2.34. The van der Waals surface area contributed by atoms with Gasteiger partial charge in [0, 0.05) is 18.2 Å². The Bertz CT molecular complexity index is 1040. The van der Waals surface area contributed by atoms with Crippen LogP contribution in [0.1, 0.15) is 44.0 Å². The van der Waals surface area contributed by atoms with E-state index in [-0.39, 0.29) is 17.6 Å². The summed E-state index contributed by atoms with van der Waals surface area (Å²) in [6.45, 7) is 5.70. The number of hydrogen-bond acceptors (Lipinski definition) is 6. The first-order valence-electron chi connectivity index (χ1n) is 10.0. The lowest BCUT2D eigenvalue weighted by Crippen LogP contribution is -2.47. The predicted molar refractivity (Wildman–Crippen MR) is 115 cm³/mol. The summed E-state index contributed by atoms with van der Waals surface area (Å²) in [5.41, 5.74) is 1.76. The van der Waals surface area contributed by atoms with Crippen LogP contribution in [0.2, 0.25) is 0 Å².